The highest BCUT2D eigenvalue weighted by molar-refractivity contribution is 7.91. The van der Waals surface area contributed by atoms with Crippen LogP contribution in [0.4, 0.5) is 8.78 Å². The predicted octanol–water partition coefficient (Wildman–Crippen LogP) is 3.82. The highest BCUT2D eigenvalue weighted by atomic mass is 35.5. The molecule has 0 N–H and O–H groups in total. The van der Waals surface area contributed by atoms with Crippen LogP contribution in [-0.4, -0.2) is 22.1 Å². The molecule has 0 spiro atoms. The molecule has 1 aromatic rings. The Morgan fingerprint density at radius 1 is 1.37 bits per heavy atom. The minimum atomic E-state index is -2.92. The lowest BCUT2D eigenvalue weighted by atomic mass is 10.2. The van der Waals surface area contributed by atoms with E-state index in [0.717, 1.165) is 0 Å². The maximum absolute atomic E-state index is 12.1. The molecule has 0 bridgehead atoms. The van der Waals surface area contributed by atoms with Gasteiger partial charge in [0.05, 0.1) is 6.21 Å². The predicted molar refractivity (Wildman–Crippen MR) is 73.6 cm³/mol. The monoisotopic (exact) mass is 309 g/mol. The van der Waals surface area contributed by atoms with Gasteiger partial charge < -0.3 is 9.29 Å². The van der Waals surface area contributed by atoms with Gasteiger partial charge in [-0.25, -0.2) is 0 Å². The summed E-state index contributed by atoms with van der Waals surface area (Å²) < 4.78 is 43.6. The van der Waals surface area contributed by atoms with E-state index in [-0.39, 0.29) is 10.8 Å². The lowest BCUT2D eigenvalue weighted by Gasteiger charge is -2.17. The average Bonchev–Trinajstić information content (AvgIpc) is 2.22. The van der Waals surface area contributed by atoms with Crippen LogP contribution in [0, 0.1) is 0 Å². The first-order valence-electron chi connectivity index (χ1n) is 5.40. The quantitative estimate of drug-likeness (QED) is 0.627. The highest BCUT2D eigenvalue weighted by Gasteiger charge is 2.25. The summed E-state index contributed by atoms with van der Waals surface area (Å²) in [5.41, 5.74) is 0.445. The molecule has 19 heavy (non-hydrogen) atoms. The van der Waals surface area contributed by atoms with Crippen molar-refractivity contribution in [3.05, 3.63) is 28.8 Å². The summed E-state index contributed by atoms with van der Waals surface area (Å²) in [6.07, 6.45) is 1.32. The van der Waals surface area contributed by atoms with Crippen molar-refractivity contribution in [2.75, 3.05) is 0 Å². The number of hydrogen-bond donors (Lipinski definition) is 0. The van der Waals surface area contributed by atoms with E-state index in [1.807, 2.05) is 0 Å². The summed E-state index contributed by atoms with van der Waals surface area (Å²) in [7, 11) is 0. The lowest BCUT2D eigenvalue weighted by Crippen LogP contribution is -2.25. The Labute approximate surface area is 118 Å². The Hall–Kier alpha value is -0.850. The number of alkyl halides is 2. The van der Waals surface area contributed by atoms with Crippen LogP contribution in [0.25, 0.3) is 0 Å². The molecule has 1 rings (SSSR count). The number of nitrogens with zero attached hydrogens (tertiary/aromatic N) is 1. The van der Waals surface area contributed by atoms with E-state index in [0.29, 0.717) is 5.56 Å². The van der Waals surface area contributed by atoms with Crippen molar-refractivity contribution in [1.82, 2.24) is 0 Å². The molecule has 106 valence electrons. The Bertz CT molecular complexity index is 464. The Balaban J connectivity index is 2.89. The van der Waals surface area contributed by atoms with Crippen molar-refractivity contribution in [2.45, 2.75) is 32.1 Å². The summed E-state index contributed by atoms with van der Waals surface area (Å²) >= 11 is 4.35. The summed E-state index contributed by atoms with van der Waals surface area (Å²) in [5.74, 6) is -0.0644. The van der Waals surface area contributed by atoms with Gasteiger partial charge >= 0.3 is 6.61 Å². The van der Waals surface area contributed by atoms with Crippen molar-refractivity contribution >= 4 is 29.2 Å². The van der Waals surface area contributed by atoms with Gasteiger partial charge in [0, 0.05) is 10.6 Å². The summed E-state index contributed by atoms with van der Waals surface area (Å²) in [6.45, 7) is 2.42. The molecule has 0 aliphatic rings. The Morgan fingerprint density at radius 3 is 2.53 bits per heavy atom. The van der Waals surface area contributed by atoms with Crippen molar-refractivity contribution in [3.8, 4) is 5.75 Å². The second-order valence-electron chi connectivity index (χ2n) is 4.69. The van der Waals surface area contributed by atoms with Crippen LogP contribution >= 0.6 is 11.6 Å². The number of ether oxygens (including phenoxy) is 1. The highest BCUT2D eigenvalue weighted by Crippen LogP contribution is 2.22. The molecule has 0 saturated heterocycles. The number of benzene rings is 1. The van der Waals surface area contributed by atoms with Crippen LogP contribution in [0.15, 0.2) is 22.6 Å². The molecule has 7 heteroatoms. The minimum Gasteiger partial charge on any atom is -0.591 e. The molecule has 0 heterocycles. The molecule has 0 amide bonds. The molecular formula is C12H14ClF2NO2S. The summed E-state index contributed by atoms with van der Waals surface area (Å²) in [5, 5.41) is 0.237. The molecule has 0 aromatic heterocycles. The Morgan fingerprint density at radius 2 is 2.00 bits per heavy atom. The summed E-state index contributed by atoms with van der Waals surface area (Å²) in [4.78, 5) is 0. The summed E-state index contributed by atoms with van der Waals surface area (Å²) in [6, 6.07) is 4.14. The zero-order chi connectivity index (χ0) is 14.6. The fourth-order valence-electron chi connectivity index (χ4n) is 1.10. The van der Waals surface area contributed by atoms with Gasteiger partial charge in [-0.1, -0.05) is 16.0 Å². The van der Waals surface area contributed by atoms with Crippen LogP contribution in [0.2, 0.25) is 5.02 Å². The van der Waals surface area contributed by atoms with E-state index in [9.17, 15) is 13.3 Å². The zero-order valence-corrected chi connectivity index (χ0v) is 12.3. The zero-order valence-electron chi connectivity index (χ0n) is 10.7. The molecular weight excluding hydrogens is 296 g/mol. The molecule has 3 nitrogen and oxygen atoms in total. The van der Waals surface area contributed by atoms with Gasteiger partial charge in [-0.2, -0.15) is 8.78 Å². The van der Waals surface area contributed by atoms with Crippen LogP contribution in [0.3, 0.4) is 0 Å². The topological polar surface area (TPSA) is 44.7 Å². The van der Waals surface area contributed by atoms with E-state index in [1.54, 1.807) is 20.8 Å². The Kier molecular flexibility index (Phi) is 5.58. The van der Waals surface area contributed by atoms with Gasteiger partial charge in [0.2, 0.25) is 0 Å². The SMILES string of the molecule is CC(C)(C)[S+]([O-])N=Cc1cc(Cl)cc(OC(F)F)c1. The number of rotatable bonds is 4. The van der Waals surface area contributed by atoms with Crippen molar-refractivity contribution in [2.24, 2.45) is 4.40 Å². The van der Waals surface area contributed by atoms with Gasteiger partial charge in [-0.05, 0) is 39.0 Å². The van der Waals surface area contributed by atoms with Crippen LogP contribution in [-0.2, 0) is 11.4 Å². The molecule has 0 saturated carbocycles. The maximum Gasteiger partial charge on any atom is 0.387 e. The fourth-order valence-corrected chi connectivity index (χ4v) is 1.86. The average molecular weight is 310 g/mol. The molecule has 0 aliphatic heterocycles. The third-order valence-electron chi connectivity index (χ3n) is 1.94. The van der Waals surface area contributed by atoms with Crippen molar-refractivity contribution < 1.29 is 18.1 Å². The van der Waals surface area contributed by atoms with E-state index in [2.05, 4.69) is 9.13 Å². The van der Waals surface area contributed by atoms with E-state index in [1.165, 1.54) is 24.4 Å². The second kappa shape index (κ2) is 6.54. The van der Waals surface area contributed by atoms with Gasteiger partial charge in [0.25, 0.3) is 0 Å². The van der Waals surface area contributed by atoms with E-state index < -0.39 is 22.7 Å². The second-order valence-corrected chi connectivity index (χ2v) is 7.07. The number of hydrogen-bond acceptors (Lipinski definition) is 3. The van der Waals surface area contributed by atoms with Gasteiger partial charge in [-0.3, -0.25) is 0 Å². The minimum absolute atomic E-state index is 0.0644. The maximum atomic E-state index is 12.1. The third-order valence-corrected chi connectivity index (χ3v) is 3.50. The molecule has 0 fully saturated rings. The standard InChI is InChI=1S/C12H14ClF2NO2S/c1-12(2,3)19(17)16-7-8-4-9(13)6-10(5-8)18-11(14)15/h4-7,11H,1-3H3. The van der Waals surface area contributed by atoms with E-state index in [4.69, 9.17) is 11.6 Å². The first-order chi connectivity index (χ1) is 8.68. The number of halogens is 3. The van der Waals surface area contributed by atoms with Crippen LogP contribution in [0.1, 0.15) is 26.3 Å². The van der Waals surface area contributed by atoms with Crippen molar-refractivity contribution in [1.29, 1.82) is 0 Å². The van der Waals surface area contributed by atoms with Gasteiger partial charge in [-0.15, -0.1) is 0 Å². The third kappa shape index (κ3) is 5.76. The smallest absolute Gasteiger partial charge is 0.387 e. The molecule has 1 unspecified atom stereocenters. The van der Waals surface area contributed by atoms with Crippen molar-refractivity contribution in [3.63, 3.8) is 0 Å². The van der Waals surface area contributed by atoms with Gasteiger partial charge in [0.15, 0.2) is 0 Å². The first kappa shape index (κ1) is 16.2. The molecule has 0 aliphatic carbocycles. The molecule has 1 atom stereocenters. The first-order valence-corrected chi connectivity index (χ1v) is 6.88. The van der Waals surface area contributed by atoms with E-state index >= 15 is 0 Å². The fraction of sp³-hybridized carbons (Fsp3) is 0.417. The normalized spacial score (nSPS) is 14.1. The largest absolute Gasteiger partial charge is 0.591 e. The van der Waals surface area contributed by atoms with Crippen LogP contribution < -0.4 is 4.74 Å². The van der Waals surface area contributed by atoms with Gasteiger partial charge in [0.1, 0.15) is 21.9 Å². The lowest BCUT2D eigenvalue weighted by molar-refractivity contribution is -0.0498. The molecule has 0 radical (unpaired) electrons. The van der Waals surface area contributed by atoms with Crippen LogP contribution in [0.5, 0.6) is 5.75 Å². The molecule has 1 aromatic carbocycles.